The third-order valence-electron chi connectivity index (χ3n) is 6.11. The number of carbonyl (C=O) groups is 1. The minimum Gasteiger partial charge on any atom is -0.508 e. The van der Waals surface area contributed by atoms with Gasteiger partial charge in [-0.3, -0.25) is 4.79 Å². The van der Waals surface area contributed by atoms with E-state index >= 15 is 0 Å². The second-order valence-electron chi connectivity index (χ2n) is 8.22. The summed E-state index contributed by atoms with van der Waals surface area (Å²) in [5, 5.41) is 70.6. The van der Waals surface area contributed by atoms with Gasteiger partial charge in [0.15, 0.2) is 35.2 Å². The third kappa shape index (κ3) is 3.23. The molecule has 2 aliphatic rings. The van der Waals surface area contributed by atoms with Gasteiger partial charge in [-0.05, 0) is 35.4 Å². The van der Waals surface area contributed by atoms with Crippen LogP contribution in [0.4, 0.5) is 0 Å². The van der Waals surface area contributed by atoms with Crippen LogP contribution in [0, 0.1) is 0 Å². The molecule has 176 valence electrons. The number of aliphatic hydroxyl groups excluding tert-OH is 2. The number of fused-ring (bicyclic) bond motifs is 2. The van der Waals surface area contributed by atoms with E-state index in [0.29, 0.717) is 11.1 Å². The minimum atomic E-state index is -1.72. The van der Waals surface area contributed by atoms with Gasteiger partial charge in [-0.25, -0.2) is 0 Å². The van der Waals surface area contributed by atoms with Gasteiger partial charge in [-0.15, -0.1) is 0 Å². The molecule has 10 nitrogen and oxygen atoms in total. The number of ketones is 1. The molecule has 7 N–H and O–H groups in total. The van der Waals surface area contributed by atoms with Crippen LogP contribution in [0.5, 0.6) is 40.2 Å². The van der Waals surface area contributed by atoms with Gasteiger partial charge in [0.05, 0.1) is 12.5 Å². The highest BCUT2D eigenvalue weighted by Crippen LogP contribution is 2.52. The Morgan fingerprint density at radius 1 is 0.765 bits per heavy atom. The van der Waals surface area contributed by atoms with Crippen LogP contribution in [0.25, 0.3) is 0 Å². The van der Waals surface area contributed by atoms with E-state index in [1.165, 1.54) is 30.3 Å². The summed E-state index contributed by atoms with van der Waals surface area (Å²) in [4.78, 5) is 12.7. The van der Waals surface area contributed by atoms with Crippen molar-refractivity contribution in [1.82, 2.24) is 0 Å². The first-order valence-corrected chi connectivity index (χ1v) is 10.3. The van der Waals surface area contributed by atoms with Gasteiger partial charge in [0.2, 0.25) is 5.78 Å². The molecule has 0 saturated heterocycles. The Hall–Kier alpha value is -4.15. The average molecular weight is 468 g/mol. The van der Waals surface area contributed by atoms with Crippen molar-refractivity contribution in [2.45, 2.75) is 24.2 Å². The highest BCUT2D eigenvalue weighted by Gasteiger charge is 2.42. The van der Waals surface area contributed by atoms with Crippen molar-refractivity contribution in [2.24, 2.45) is 0 Å². The van der Waals surface area contributed by atoms with Gasteiger partial charge in [-0.1, -0.05) is 6.07 Å². The first-order chi connectivity index (χ1) is 16.2. The Balaban J connectivity index is 1.55. The number of hydrogen-bond donors (Lipinski definition) is 7. The van der Waals surface area contributed by atoms with Crippen LogP contribution in [0.2, 0.25) is 0 Å². The van der Waals surface area contributed by atoms with Gasteiger partial charge in [-0.2, -0.15) is 0 Å². The molecule has 0 fully saturated rings. The van der Waals surface area contributed by atoms with Crippen molar-refractivity contribution in [3.05, 3.63) is 64.7 Å². The van der Waals surface area contributed by atoms with Gasteiger partial charge >= 0.3 is 0 Å². The third-order valence-corrected chi connectivity index (χ3v) is 6.11. The monoisotopic (exact) mass is 468 g/mol. The average Bonchev–Trinajstić information content (AvgIpc) is 3.16. The Morgan fingerprint density at radius 3 is 2.21 bits per heavy atom. The molecule has 2 aliphatic heterocycles. The lowest BCUT2D eigenvalue weighted by Gasteiger charge is -2.30. The number of phenols is 5. The summed E-state index contributed by atoms with van der Waals surface area (Å²) in [6, 6.07) is 8.93. The van der Waals surface area contributed by atoms with Crippen molar-refractivity contribution in [3.8, 4) is 40.2 Å². The Morgan fingerprint density at radius 2 is 1.50 bits per heavy atom. The van der Waals surface area contributed by atoms with Crippen molar-refractivity contribution in [1.29, 1.82) is 0 Å². The van der Waals surface area contributed by atoms with Crippen LogP contribution in [-0.2, 0) is 0 Å². The largest absolute Gasteiger partial charge is 0.508 e. The van der Waals surface area contributed by atoms with Crippen molar-refractivity contribution < 1.29 is 50.0 Å². The van der Waals surface area contributed by atoms with E-state index < -0.39 is 42.4 Å². The maximum atomic E-state index is 12.7. The molecule has 34 heavy (non-hydrogen) atoms. The normalized spacial score (nSPS) is 23.1. The number of hydrogen-bond acceptors (Lipinski definition) is 10. The molecule has 10 heteroatoms. The fraction of sp³-hybridized carbons (Fsp3) is 0.208. The van der Waals surface area contributed by atoms with E-state index in [4.69, 9.17) is 9.47 Å². The summed E-state index contributed by atoms with van der Waals surface area (Å²) in [6.45, 7) is -0.403. The topological polar surface area (TPSA) is 177 Å². The molecule has 3 aromatic rings. The molecule has 0 aromatic heterocycles. The molecule has 0 saturated carbocycles. The molecular formula is C24H20O10. The fourth-order valence-electron chi connectivity index (χ4n) is 4.47. The standard InChI is InChI=1S/C24H20O10/c25-8-13-12-3-10(23-21(32)20(31)19-16(29)6-11(26)7-18(19)33-23)5-17(30)24(12)34-22(13)9-1-2-14(27)15(28)4-9/h1-7,13,21-23,25-30,32H,8H2/t13-,21?,22?,23?/m1/s1. The summed E-state index contributed by atoms with van der Waals surface area (Å²) in [5.41, 5.74) is 0.746. The van der Waals surface area contributed by atoms with E-state index in [0.717, 1.165) is 12.1 Å². The summed E-state index contributed by atoms with van der Waals surface area (Å²) in [6.07, 6.45) is -3.81. The van der Waals surface area contributed by atoms with Gasteiger partial charge in [0, 0.05) is 17.7 Å². The van der Waals surface area contributed by atoms with E-state index in [-0.39, 0.29) is 45.6 Å². The predicted molar refractivity (Wildman–Crippen MR) is 115 cm³/mol. The number of benzene rings is 3. The molecule has 0 amide bonds. The molecular weight excluding hydrogens is 448 g/mol. The van der Waals surface area contributed by atoms with Crippen molar-refractivity contribution in [3.63, 3.8) is 0 Å². The molecule has 0 radical (unpaired) electrons. The smallest absolute Gasteiger partial charge is 0.202 e. The number of rotatable bonds is 3. The Kier molecular flexibility index (Phi) is 4.92. The number of phenolic OH excluding ortho intramolecular Hbond substituents is 5. The lowest BCUT2D eigenvalue weighted by molar-refractivity contribution is 0.0209. The van der Waals surface area contributed by atoms with Gasteiger partial charge in [0.25, 0.3) is 0 Å². The first-order valence-electron chi connectivity index (χ1n) is 10.3. The van der Waals surface area contributed by atoms with Gasteiger partial charge < -0.3 is 45.2 Å². The lowest BCUT2D eigenvalue weighted by atomic mass is 9.87. The molecule has 0 bridgehead atoms. The quantitative estimate of drug-likeness (QED) is 0.282. The second kappa shape index (κ2) is 7.72. The number of aromatic hydroxyl groups is 5. The van der Waals surface area contributed by atoms with E-state index in [1.807, 2.05) is 0 Å². The zero-order valence-corrected chi connectivity index (χ0v) is 17.4. The molecule has 3 aromatic carbocycles. The van der Waals surface area contributed by atoms with Crippen LogP contribution in [0.15, 0.2) is 42.5 Å². The van der Waals surface area contributed by atoms with E-state index in [1.54, 1.807) is 0 Å². The van der Waals surface area contributed by atoms with Gasteiger partial charge in [0.1, 0.15) is 28.9 Å². The number of aliphatic hydroxyl groups is 2. The molecule has 5 rings (SSSR count). The Labute approximate surface area is 192 Å². The van der Waals surface area contributed by atoms with Crippen molar-refractivity contribution in [2.75, 3.05) is 6.61 Å². The van der Waals surface area contributed by atoms with Crippen LogP contribution >= 0.6 is 0 Å². The van der Waals surface area contributed by atoms with Crippen LogP contribution in [-0.4, -0.2) is 54.2 Å². The highest BCUT2D eigenvalue weighted by molar-refractivity contribution is 6.05. The first kappa shape index (κ1) is 21.7. The lowest BCUT2D eigenvalue weighted by Crippen LogP contribution is -2.36. The number of Topliss-reactive ketones (excluding diaryl/α,β-unsaturated/α-hetero) is 1. The SMILES string of the molecule is O=C1c2c(O)cc(O)cc2OC(c2cc(O)c3c(c2)[C@@H](CO)C(c2ccc(O)c(O)c2)O3)C1O. The van der Waals surface area contributed by atoms with Crippen molar-refractivity contribution >= 4 is 5.78 Å². The maximum absolute atomic E-state index is 12.7. The molecule has 3 unspecified atom stereocenters. The molecule has 2 heterocycles. The fourth-order valence-corrected chi connectivity index (χ4v) is 4.47. The van der Waals surface area contributed by atoms with Crippen LogP contribution < -0.4 is 9.47 Å². The van der Waals surface area contributed by atoms with E-state index in [9.17, 15) is 40.5 Å². The summed E-state index contributed by atoms with van der Waals surface area (Å²) >= 11 is 0. The van der Waals surface area contributed by atoms with E-state index in [2.05, 4.69) is 0 Å². The number of carbonyl (C=O) groups excluding carboxylic acids is 1. The molecule has 4 atom stereocenters. The minimum absolute atomic E-state index is 0.0766. The Bertz CT molecular complexity index is 1320. The second-order valence-corrected chi connectivity index (χ2v) is 8.22. The molecule has 0 spiro atoms. The predicted octanol–water partition coefficient (Wildman–Crippen LogP) is 2.10. The van der Waals surface area contributed by atoms with Crippen LogP contribution in [0.1, 0.15) is 45.2 Å². The van der Waals surface area contributed by atoms with Crippen LogP contribution in [0.3, 0.4) is 0 Å². The highest BCUT2D eigenvalue weighted by atomic mass is 16.5. The summed E-state index contributed by atoms with van der Waals surface area (Å²) in [5.74, 6) is -3.48. The maximum Gasteiger partial charge on any atom is 0.202 e. The summed E-state index contributed by atoms with van der Waals surface area (Å²) in [7, 11) is 0. The zero-order chi connectivity index (χ0) is 24.3. The number of ether oxygens (including phenoxy) is 2. The summed E-state index contributed by atoms with van der Waals surface area (Å²) < 4.78 is 11.6. The molecule has 0 aliphatic carbocycles. The zero-order valence-electron chi connectivity index (χ0n) is 17.4.